The Hall–Kier alpha value is -1.79. The Kier molecular flexibility index (Phi) is 4.38. The predicted molar refractivity (Wildman–Crippen MR) is 72.2 cm³/mol. The summed E-state index contributed by atoms with van der Waals surface area (Å²) in [5.41, 5.74) is 1.85. The smallest absolute Gasteiger partial charge is 0.0992 e. The fourth-order valence-corrected chi connectivity index (χ4v) is 2.20. The molecule has 1 aromatic carbocycles. The highest BCUT2D eigenvalue weighted by molar-refractivity contribution is 5.81. The molecule has 2 rings (SSSR count). The first-order valence-corrected chi connectivity index (χ1v) is 6.45. The van der Waals surface area contributed by atoms with Crippen molar-refractivity contribution in [3.8, 4) is 6.07 Å². The van der Waals surface area contributed by atoms with Gasteiger partial charge in [0.1, 0.15) is 0 Å². The van der Waals surface area contributed by atoms with Crippen LogP contribution in [0.15, 0.2) is 30.5 Å². The normalized spacial score (nSPS) is 10.7. The quantitative estimate of drug-likeness (QED) is 0.791. The zero-order valence-electron chi connectivity index (χ0n) is 10.5. The molecule has 0 bridgehead atoms. The van der Waals surface area contributed by atoms with Crippen molar-refractivity contribution in [1.82, 2.24) is 4.57 Å². The average molecular weight is 242 g/mol. The molecule has 0 saturated heterocycles. The third-order valence-electron chi connectivity index (χ3n) is 3.21. The Morgan fingerprint density at radius 2 is 1.94 bits per heavy atom. The Morgan fingerprint density at radius 3 is 2.72 bits per heavy atom. The lowest BCUT2D eigenvalue weighted by Gasteiger charge is -2.05. The maximum absolute atomic E-state index is 8.92. The van der Waals surface area contributed by atoms with Crippen LogP contribution in [-0.2, 0) is 6.54 Å². The van der Waals surface area contributed by atoms with Crippen molar-refractivity contribution in [2.75, 3.05) is 6.61 Å². The van der Waals surface area contributed by atoms with Crippen molar-refractivity contribution >= 4 is 10.9 Å². The van der Waals surface area contributed by atoms with Crippen molar-refractivity contribution in [2.45, 2.75) is 32.2 Å². The number of nitriles is 1. The number of unbranched alkanes of at least 4 members (excludes halogenated alkanes) is 3. The van der Waals surface area contributed by atoms with Crippen LogP contribution < -0.4 is 0 Å². The van der Waals surface area contributed by atoms with Crippen LogP contribution in [0.3, 0.4) is 0 Å². The van der Waals surface area contributed by atoms with Gasteiger partial charge in [-0.05, 0) is 36.4 Å². The van der Waals surface area contributed by atoms with Crippen LogP contribution in [-0.4, -0.2) is 16.3 Å². The van der Waals surface area contributed by atoms with Gasteiger partial charge in [0.25, 0.3) is 0 Å². The van der Waals surface area contributed by atoms with Crippen molar-refractivity contribution in [2.24, 2.45) is 0 Å². The monoisotopic (exact) mass is 242 g/mol. The number of fused-ring (bicyclic) bond motifs is 1. The van der Waals surface area contributed by atoms with Gasteiger partial charge in [0.2, 0.25) is 0 Å². The molecule has 0 aliphatic heterocycles. The van der Waals surface area contributed by atoms with E-state index in [-0.39, 0.29) is 6.61 Å². The second-order valence-electron chi connectivity index (χ2n) is 4.53. The maximum Gasteiger partial charge on any atom is 0.0992 e. The molecule has 3 heteroatoms. The average Bonchev–Trinajstić information content (AvgIpc) is 2.81. The van der Waals surface area contributed by atoms with Gasteiger partial charge in [0.05, 0.1) is 11.6 Å². The fraction of sp³-hybridized carbons (Fsp3) is 0.400. The number of hydrogen-bond donors (Lipinski definition) is 1. The van der Waals surface area contributed by atoms with Crippen molar-refractivity contribution < 1.29 is 5.11 Å². The van der Waals surface area contributed by atoms with Crippen molar-refractivity contribution in [3.05, 3.63) is 36.0 Å². The third-order valence-corrected chi connectivity index (χ3v) is 3.21. The third kappa shape index (κ3) is 2.91. The Labute approximate surface area is 107 Å². The molecule has 0 amide bonds. The van der Waals surface area contributed by atoms with Gasteiger partial charge in [-0.2, -0.15) is 5.26 Å². The predicted octanol–water partition coefficient (Wildman–Crippen LogP) is 3.07. The number of rotatable bonds is 6. The highest BCUT2D eigenvalue weighted by Crippen LogP contribution is 2.18. The molecular weight excluding hydrogens is 224 g/mol. The summed E-state index contributed by atoms with van der Waals surface area (Å²) in [6.45, 7) is 1.27. The van der Waals surface area contributed by atoms with Gasteiger partial charge < -0.3 is 9.67 Å². The minimum atomic E-state index is 0.290. The minimum Gasteiger partial charge on any atom is -0.396 e. The van der Waals surface area contributed by atoms with Gasteiger partial charge in [-0.3, -0.25) is 0 Å². The van der Waals surface area contributed by atoms with E-state index in [0.29, 0.717) is 5.56 Å². The fourth-order valence-electron chi connectivity index (χ4n) is 2.20. The zero-order valence-corrected chi connectivity index (χ0v) is 10.5. The SMILES string of the molecule is N#Cc1ccc2ccn(CCCCCCO)c2c1. The molecule has 18 heavy (non-hydrogen) atoms. The van der Waals surface area contributed by atoms with Crippen LogP contribution >= 0.6 is 0 Å². The molecule has 0 aliphatic rings. The highest BCUT2D eigenvalue weighted by atomic mass is 16.2. The van der Waals surface area contributed by atoms with E-state index >= 15 is 0 Å². The van der Waals surface area contributed by atoms with Gasteiger partial charge in [-0.1, -0.05) is 18.9 Å². The van der Waals surface area contributed by atoms with Gasteiger partial charge in [-0.15, -0.1) is 0 Å². The molecule has 2 aromatic rings. The topological polar surface area (TPSA) is 49.0 Å². The van der Waals surface area contributed by atoms with Gasteiger partial charge >= 0.3 is 0 Å². The summed E-state index contributed by atoms with van der Waals surface area (Å²) >= 11 is 0. The molecule has 0 radical (unpaired) electrons. The summed E-state index contributed by atoms with van der Waals surface area (Å²) in [6, 6.07) is 10.1. The summed E-state index contributed by atoms with van der Waals surface area (Å²) in [7, 11) is 0. The number of aliphatic hydroxyl groups excluding tert-OH is 1. The second-order valence-corrected chi connectivity index (χ2v) is 4.53. The molecule has 1 heterocycles. The van der Waals surface area contributed by atoms with Crippen molar-refractivity contribution in [1.29, 1.82) is 5.26 Å². The van der Waals surface area contributed by atoms with E-state index in [1.54, 1.807) is 0 Å². The maximum atomic E-state index is 8.92. The van der Waals surface area contributed by atoms with E-state index in [1.165, 1.54) is 5.39 Å². The van der Waals surface area contributed by atoms with Crippen LogP contribution in [0.25, 0.3) is 10.9 Å². The molecule has 0 saturated carbocycles. The van der Waals surface area contributed by atoms with E-state index in [2.05, 4.69) is 22.9 Å². The number of hydrogen-bond acceptors (Lipinski definition) is 2. The summed E-state index contributed by atoms with van der Waals surface area (Å²) in [5, 5.41) is 18.8. The van der Waals surface area contributed by atoms with Crippen molar-refractivity contribution in [3.63, 3.8) is 0 Å². The molecule has 0 atom stereocenters. The number of aromatic nitrogens is 1. The van der Waals surface area contributed by atoms with Gasteiger partial charge in [0, 0.05) is 24.9 Å². The second kappa shape index (κ2) is 6.23. The van der Waals surface area contributed by atoms with Crippen LogP contribution in [0.4, 0.5) is 0 Å². The zero-order chi connectivity index (χ0) is 12.8. The molecule has 94 valence electrons. The number of aliphatic hydroxyl groups is 1. The first-order valence-electron chi connectivity index (χ1n) is 6.45. The molecular formula is C15H18N2O. The first-order chi connectivity index (χ1) is 8.85. The summed E-state index contributed by atoms with van der Waals surface area (Å²) < 4.78 is 2.20. The number of aryl methyl sites for hydroxylation is 1. The summed E-state index contributed by atoms with van der Waals surface area (Å²) in [6.07, 6.45) is 6.31. The Morgan fingerprint density at radius 1 is 1.11 bits per heavy atom. The van der Waals surface area contributed by atoms with E-state index < -0.39 is 0 Å². The first kappa shape index (κ1) is 12.7. The summed E-state index contributed by atoms with van der Waals surface area (Å²) in [4.78, 5) is 0. The summed E-state index contributed by atoms with van der Waals surface area (Å²) in [5.74, 6) is 0. The lowest BCUT2D eigenvalue weighted by molar-refractivity contribution is 0.282. The molecule has 0 fully saturated rings. The molecule has 3 nitrogen and oxygen atoms in total. The molecule has 0 aliphatic carbocycles. The molecule has 0 unspecified atom stereocenters. The molecule has 1 aromatic heterocycles. The molecule has 0 spiro atoms. The highest BCUT2D eigenvalue weighted by Gasteiger charge is 2.02. The standard InChI is InChI=1S/C15H18N2O/c16-12-13-5-6-14-7-9-17(15(14)11-13)8-3-1-2-4-10-18/h5-7,9,11,18H,1-4,8,10H2. The largest absolute Gasteiger partial charge is 0.396 e. The van der Waals surface area contributed by atoms with E-state index in [0.717, 1.165) is 37.7 Å². The van der Waals surface area contributed by atoms with Crippen LogP contribution in [0.1, 0.15) is 31.2 Å². The van der Waals surface area contributed by atoms with Crippen LogP contribution in [0, 0.1) is 11.3 Å². The van der Waals surface area contributed by atoms with Gasteiger partial charge in [-0.25, -0.2) is 0 Å². The number of benzene rings is 1. The van der Waals surface area contributed by atoms with E-state index in [1.807, 2.05) is 18.2 Å². The lowest BCUT2D eigenvalue weighted by atomic mass is 10.2. The minimum absolute atomic E-state index is 0.290. The van der Waals surface area contributed by atoms with E-state index in [9.17, 15) is 0 Å². The number of nitrogens with zero attached hydrogens (tertiary/aromatic N) is 2. The Bertz CT molecular complexity index is 551. The Balaban J connectivity index is 2.02. The molecule has 1 N–H and O–H groups in total. The lowest BCUT2D eigenvalue weighted by Crippen LogP contribution is -1.96. The van der Waals surface area contributed by atoms with Crippen LogP contribution in [0.2, 0.25) is 0 Å². The van der Waals surface area contributed by atoms with E-state index in [4.69, 9.17) is 10.4 Å². The van der Waals surface area contributed by atoms with Crippen LogP contribution in [0.5, 0.6) is 0 Å². The van der Waals surface area contributed by atoms with Gasteiger partial charge in [0.15, 0.2) is 0 Å².